The summed E-state index contributed by atoms with van der Waals surface area (Å²) in [5, 5.41) is 14.6. The number of anilines is 2. The molecule has 0 radical (unpaired) electrons. The Hall–Kier alpha value is -4.08. The van der Waals surface area contributed by atoms with Crippen LogP contribution in [0.2, 0.25) is 5.02 Å². The maximum absolute atomic E-state index is 11.3. The van der Waals surface area contributed by atoms with Crippen molar-refractivity contribution < 1.29 is 14.3 Å². The van der Waals surface area contributed by atoms with Gasteiger partial charge in [0.15, 0.2) is 11.4 Å². The highest BCUT2D eigenvalue weighted by molar-refractivity contribution is 6.35. The van der Waals surface area contributed by atoms with Gasteiger partial charge in [-0.15, -0.1) is 11.6 Å². The van der Waals surface area contributed by atoms with E-state index in [1.54, 1.807) is 18.3 Å². The van der Waals surface area contributed by atoms with E-state index in [4.69, 9.17) is 32.6 Å². The number of carbonyl (C=O) groups is 1. The number of aldehydes is 1. The fourth-order valence-corrected chi connectivity index (χ4v) is 6.70. The molecule has 3 aromatic heterocycles. The van der Waals surface area contributed by atoms with Crippen LogP contribution in [0.15, 0.2) is 83.6 Å². The van der Waals surface area contributed by atoms with Crippen molar-refractivity contribution in [2.75, 3.05) is 18.4 Å². The van der Waals surface area contributed by atoms with E-state index in [0.717, 1.165) is 59.1 Å². The van der Waals surface area contributed by atoms with E-state index in [9.17, 15) is 9.90 Å². The van der Waals surface area contributed by atoms with Crippen LogP contribution in [0.5, 0.6) is 0 Å². The van der Waals surface area contributed by atoms with E-state index >= 15 is 0 Å². The van der Waals surface area contributed by atoms with Crippen molar-refractivity contribution in [1.29, 1.82) is 0 Å². The first-order chi connectivity index (χ1) is 21.3. The molecule has 2 aliphatic rings. The monoisotopic (exact) mass is 625 g/mol. The van der Waals surface area contributed by atoms with Crippen molar-refractivity contribution >= 4 is 68.6 Å². The molecule has 0 saturated carbocycles. The molecule has 5 aromatic rings. The number of oxazole rings is 1. The zero-order valence-electron chi connectivity index (χ0n) is 23.9. The third-order valence-corrected chi connectivity index (χ3v) is 9.03. The summed E-state index contributed by atoms with van der Waals surface area (Å²) in [5.74, 6) is 0.695. The van der Waals surface area contributed by atoms with Crippen LogP contribution in [0.4, 0.5) is 11.5 Å². The van der Waals surface area contributed by atoms with Gasteiger partial charge in [0.25, 0.3) is 0 Å². The number of hydrogen-bond donors (Lipinski definition) is 2. The zero-order chi connectivity index (χ0) is 30.4. The number of hydrogen-bond acceptors (Lipinski definition) is 8. The molecule has 3 atom stereocenters. The van der Waals surface area contributed by atoms with Crippen LogP contribution in [0, 0.1) is 0 Å². The Balaban J connectivity index is 1.15. The minimum atomic E-state index is -0.894. The number of aromatic nitrogens is 3. The minimum Gasteiger partial charge on any atom is -0.438 e. The summed E-state index contributed by atoms with van der Waals surface area (Å²) in [5.41, 5.74) is 5.92. The molecule has 8 nitrogen and oxygen atoms in total. The molecule has 2 unspecified atom stereocenters. The third-order valence-electron chi connectivity index (χ3n) is 8.31. The second-order valence-electron chi connectivity index (χ2n) is 11.5. The molecule has 1 aliphatic heterocycles. The molecular formula is C34H29Cl2N5O3. The van der Waals surface area contributed by atoms with Crippen molar-refractivity contribution in [2.24, 2.45) is 0 Å². The van der Waals surface area contributed by atoms with Crippen LogP contribution < -0.4 is 5.32 Å². The largest absolute Gasteiger partial charge is 0.438 e. The van der Waals surface area contributed by atoms with Gasteiger partial charge in [0.05, 0.1) is 21.9 Å². The molecule has 222 valence electrons. The number of carbonyl (C=O) groups excluding carboxylic acids is 1. The van der Waals surface area contributed by atoms with Gasteiger partial charge in [-0.3, -0.25) is 14.7 Å². The maximum atomic E-state index is 11.3. The predicted octanol–water partition coefficient (Wildman–Crippen LogP) is 7.28. The number of β-amino-alcohol motifs (C(OH)–C–C–N with tert-alkyl or cyclic N) is 1. The lowest BCUT2D eigenvalue weighted by atomic mass is 9.79. The van der Waals surface area contributed by atoms with E-state index in [2.05, 4.69) is 26.3 Å². The second-order valence-corrected chi connectivity index (χ2v) is 12.7. The van der Waals surface area contributed by atoms with Crippen molar-refractivity contribution in [3.63, 3.8) is 0 Å². The van der Waals surface area contributed by atoms with Crippen LogP contribution in [0.3, 0.4) is 0 Å². The standard InChI is InChI=1S/C34H29Cl2N5O3/c1-34(36)26(6-3-7-27(34)33-40-29-14-20(19-42)13-28(35)31(29)44-33)22-4-2-5-24(15-22)39-32-30-23(8-10-37-32)12-21(16-38-30)17-41-11-9-25(43)18-41/h2-8,10,12-16,19,25,27,43H,9,11,17-18H2,1H3,(H,37,39)/t25?,27?,34-/m1/s1. The van der Waals surface area contributed by atoms with Crippen LogP contribution in [-0.2, 0) is 6.54 Å². The Morgan fingerprint density at radius 3 is 2.91 bits per heavy atom. The van der Waals surface area contributed by atoms with Gasteiger partial charge in [0.2, 0.25) is 5.89 Å². The summed E-state index contributed by atoms with van der Waals surface area (Å²) < 4.78 is 6.09. The normalized spacial score (nSPS) is 22.0. The molecule has 0 amide bonds. The molecule has 4 heterocycles. The maximum Gasteiger partial charge on any atom is 0.204 e. The first-order valence-corrected chi connectivity index (χ1v) is 15.2. The first kappa shape index (κ1) is 28.7. The molecule has 10 heteroatoms. The predicted molar refractivity (Wildman–Crippen MR) is 174 cm³/mol. The van der Waals surface area contributed by atoms with Crippen LogP contribution in [0.25, 0.3) is 27.6 Å². The molecule has 44 heavy (non-hydrogen) atoms. The van der Waals surface area contributed by atoms with Gasteiger partial charge in [-0.25, -0.2) is 9.97 Å². The number of pyridine rings is 2. The number of halogens is 2. The summed E-state index contributed by atoms with van der Waals surface area (Å²) in [7, 11) is 0. The average Bonchev–Trinajstić information content (AvgIpc) is 3.63. The fraction of sp³-hybridized carbons (Fsp3) is 0.235. The van der Waals surface area contributed by atoms with E-state index < -0.39 is 4.87 Å². The Morgan fingerprint density at radius 2 is 2.09 bits per heavy atom. The van der Waals surface area contributed by atoms with Crippen molar-refractivity contribution in [3.8, 4) is 0 Å². The van der Waals surface area contributed by atoms with Crippen molar-refractivity contribution in [2.45, 2.75) is 36.8 Å². The number of likely N-dealkylation sites (tertiary alicyclic amines) is 1. The molecule has 1 saturated heterocycles. The van der Waals surface area contributed by atoms with E-state index in [-0.39, 0.29) is 12.0 Å². The first-order valence-electron chi connectivity index (χ1n) is 14.4. The van der Waals surface area contributed by atoms with Crippen LogP contribution in [0.1, 0.15) is 46.6 Å². The molecule has 1 fully saturated rings. The number of fused-ring (bicyclic) bond motifs is 2. The second kappa shape index (κ2) is 11.4. The number of aliphatic hydroxyl groups excluding tert-OH is 1. The summed E-state index contributed by atoms with van der Waals surface area (Å²) >= 11 is 13.7. The third kappa shape index (κ3) is 5.39. The quantitative estimate of drug-likeness (QED) is 0.144. The minimum absolute atomic E-state index is 0.249. The number of nitrogens with zero attached hydrogens (tertiary/aromatic N) is 4. The summed E-state index contributed by atoms with van der Waals surface area (Å²) in [6.45, 7) is 4.28. The average molecular weight is 627 g/mol. The highest BCUT2D eigenvalue weighted by Crippen LogP contribution is 2.48. The molecule has 0 spiro atoms. The van der Waals surface area contributed by atoms with Gasteiger partial charge in [-0.1, -0.05) is 42.0 Å². The summed E-state index contributed by atoms with van der Waals surface area (Å²) in [6, 6.07) is 15.3. The van der Waals surface area contributed by atoms with E-state index in [1.807, 2.05) is 61.7 Å². The number of nitrogens with one attached hydrogen (secondary N) is 1. The molecule has 2 N–H and O–H groups in total. The van der Waals surface area contributed by atoms with Gasteiger partial charge in [0, 0.05) is 48.7 Å². The fourth-order valence-electron chi connectivity index (χ4n) is 6.10. The number of rotatable bonds is 7. The summed E-state index contributed by atoms with van der Waals surface area (Å²) in [4.78, 5) is 26.7. The molecule has 1 aliphatic carbocycles. The molecule has 0 bridgehead atoms. The number of aliphatic hydroxyl groups is 1. The lowest BCUT2D eigenvalue weighted by Gasteiger charge is -2.33. The number of alkyl halides is 1. The lowest BCUT2D eigenvalue weighted by molar-refractivity contribution is 0.112. The molecular weight excluding hydrogens is 597 g/mol. The SMILES string of the molecule is C[C@@]1(Cl)C(c2cccc(Nc3nccc4cc(CN5CCC(O)C5)cnc34)c2)=CC=CC1c1nc2cc(C=O)cc(Cl)c2o1. The molecule has 2 aromatic carbocycles. The highest BCUT2D eigenvalue weighted by Gasteiger charge is 2.40. The zero-order valence-corrected chi connectivity index (χ0v) is 25.4. The van der Waals surface area contributed by atoms with Crippen molar-refractivity contribution in [1.82, 2.24) is 19.9 Å². The van der Waals surface area contributed by atoms with Crippen LogP contribution in [-0.4, -0.2) is 55.3 Å². The smallest absolute Gasteiger partial charge is 0.204 e. The Bertz CT molecular complexity index is 1970. The number of benzene rings is 2. The van der Waals surface area contributed by atoms with E-state index in [0.29, 0.717) is 39.9 Å². The van der Waals surface area contributed by atoms with Gasteiger partial charge in [0.1, 0.15) is 17.3 Å². The van der Waals surface area contributed by atoms with Gasteiger partial charge >= 0.3 is 0 Å². The molecule has 7 rings (SSSR count). The topological polar surface area (TPSA) is 104 Å². The van der Waals surface area contributed by atoms with Crippen LogP contribution >= 0.6 is 23.2 Å². The Kier molecular flexibility index (Phi) is 7.46. The lowest BCUT2D eigenvalue weighted by Crippen LogP contribution is -2.29. The Labute approximate surface area is 264 Å². The van der Waals surface area contributed by atoms with Crippen molar-refractivity contribution in [3.05, 3.63) is 107 Å². The van der Waals surface area contributed by atoms with Gasteiger partial charge in [-0.2, -0.15) is 0 Å². The summed E-state index contributed by atoms with van der Waals surface area (Å²) in [6.07, 6.45) is 10.9. The Morgan fingerprint density at radius 1 is 1.20 bits per heavy atom. The van der Waals surface area contributed by atoms with Gasteiger partial charge in [-0.05, 0) is 66.4 Å². The highest BCUT2D eigenvalue weighted by atomic mass is 35.5. The van der Waals surface area contributed by atoms with Gasteiger partial charge < -0.3 is 14.8 Å². The van der Waals surface area contributed by atoms with E-state index in [1.165, 1.54) is 0 Å². The number of allylic oxidation sites excluding steroid dienone is 4.